The average molecular weight is 734 g/mol. The van der Waals surface area contributed by atoms with Crippen LogP contribution in [0.3, 0.4) is 0 Å². The number of carbonyl (C=O) groups is 2. The van der Waals surface area contributed by atoms with Crippen molar-refractivity contribution in [3.8, 4) is 0 Å². The molecule has 3 aliphatic heterocycles. The molecule has 3 fully saturated rings. The van der Waals surface area contributed by atoms with Gasteiger partial charge >= 0.3 is 5.97 Å². The minimum Gasteiger partial charge on any atom is -0.459 e. The third kappa shape index (κ3) is 9.51. The molecule has 3 heterocycles. The Labute approximate surface area is 304 Å². The van der Waals surface area contributed by atoms with Crippen LogP contribution < -0.4 is 0 Å². The van der Waals surface area contributed by atoms with Gasteiger partial charge in [0.15, 0.2) is 12.6 Å². The Morgan fingerprint density at radius 1 is 0.882 bits per heavy atom. The number of rotatable bonds is 7. The van der Waals surface area contributed by atoms with Crippen molar-refractivity contribution in [2.75, 3.05) is 21.2 Å². The monoisotopic (exact) mass is 733 g/mol. The largest absolute Gasteiger partial charge is 0.459 e. The summed E-state index contributed by atoms with van der Waals surface area (Å²) in [5.74, 6) is -4.98. The lowest BCUT2D eigenvalue weighted by atomic mass is 9.74. The van der Waals surface area contributed by atoms with Gasteiger partial charge in [-0.3, -0.25) is 9.59 Å². The molecule has 298 valence electrons. The summed E-state index contributed by atoms with van der Waals surface area (Å²) in [6.07, 6.45) is -9.71. The first-order valence-corrected chi connectivity index (χ1v) is 18.5. The zero-order valence-corrected chi connectivity index (χ0v) is 32.9. The average Bonchev–Trinajstić information content (AvgIpc) is 3.05. The fourth-order valence-electron chi connectivity index (χ4n) is 8.41. The van der Waals surface area contributed by atoms with Gasteiger partial charge in [-0.2, -0.15) is 0 Å². The van der Waals surface area contributed by atoms with E-state index in [2.05, 4.69) is 0 Å². The normalized spacial score (nSPS) is 49.7. The lowest BCUT2D eigenvalue weighted by molar-refractivity contribution is -0.318. The molecule has 2 unspecified atom stereocenters. The van der Waals surface area contributed by atoms with Crippen molar-refractivity contribution in [2.45, 2.75) is 179 Å². The highest BCUT2D eigenvalue weighted by molar-refractivity contribution is 5.83. The standard InChI is InChI=1S/C37H67NO13/c1-14-25-37(10,45)30(41)20(4)27(39)18(2)16-35(8,44)32(51-34-28(40)24(38(11)12)15-19(3)47-34)21(5)29(22(6)33(43)49-25)50-26-17-36(9,46-13)31(42)23(7)48-26/h18-26,28-32,34,40-42,44-45H,14-17H2,1-13H3/t18-,19+,20?,21?,22-,23-,24-,25-,26-,28+,29+,30-,31-,32+,34-,35+,36+,37-/m0/s1. The highest BCUT2D eigenvalue weighted by Crippen LogP contribution is 2.40. The molecule has 51 heavy (non-hydrogen) atoms. The molecule has 0 bridgehead atoms. The molecule has 0 aromatic rings. The zero-order chi connectivity index (χ0) is 39.0. The number of esters is 1. The molecular weight excluding hydrogens is 666 g/mol. The minimum absolute atomic E-state index is 0.0936. The van der Waals surface area contributed by atoms with Crippen molar-refractivity contribution in [2.24, 2.45) is 23.7 Å². The van der Waals surface area contributed by atoms with Gasteiger partial charge in [-0.1, -0.05) is 27.7 Å². The summed E-state index contributed by atoms with van der Waals surface area (Å²) in [5.41, 5.74) is -4.84. The van der Waals surface area contributed by atoms with Gasteiger partial charge in [-0.15, -0.1) is 0 Å². The van der Waals surface area contributed by atoms with Crippen LogP contribution in [0.15, 0.2) is 0 Å². The SMILES string of the molecule is CC[C@@H]1OC(=O)[C@@H](C)[C@H](O[C@H]2C[C@@](C)(OC)[C@@H](O)[C@H](C)O2)C(C)[C@@H](O[C@@H]2O[C@H](C)C[C@H](N(C)C)[C@H]2O)[C@](C)(O)C[C@H](C)C(=O)C(C)[C@H](O)[C@@]1(C)O. The van der Waals surface area contributed by atoms with Gasteiger partial charge in [-0.25, -0.2) is 0 Å². The number of hydrogen-bond donors (Lipinski definition) is 5. The Balaban J connectivity index is 2.18. The number of carbonyl (C=O) groups excluding carboxylic acids is 2. The van der Waals surface area contributed by atoms with Gasteiger partial charge in [0.25, 0.3) is 0 Å². The number of cyclic esters (lactones) is 1. The van der Waals surface area contributed by atoms with Crippen LogP contribution in [0.25, 0.3) is 0 Å². The summed E-state index contributed by atoms with van der Waals surface area (Å²) in [6, 6.07) is -0.324. The molecule has 0 amide bonds. The molecule has 0 radical (unpaired) electrons. The number of Topliss-reactive ketones (excluding diaryl/α,β-unsaturated/α-hetero) is 1. The number of methoxy groups -OCH3 is 1. The van der Waals surface area contributed by atoms with Crippen LogP contribution in [0.1, 0.15) is 94.9 Å². The molecule has 5 N–H and O–H groups in total. The van der Waals surface area contributed by atoms with Crippen LogP contribution >= 0.6 is 0 Å². The Hall–Kier alpha value is -1.30. The van der Waals surface area contributed by atoms with Gasteiger partial charge in [0.2, 0.25) is 0 Å². The van der Waals surface area contributed by atoms with Crippen molar-refractivity contribution in [3.63, 3.8) is 0 Å². The molecular formula is C37H67NO13. The van der Waals surface area contributed by atoms with E-state index < -0.39 is 108 Å². The minimum atomic E-state index is -1.99. The van der Waals surface area contributed by atoms with Crippen molar-refractivity contribution in [3.05, 3.63) is 0 Å². The van der Waals surface area contributed by atoms with E-state index in [1.807, 2.05) is 25.9 Å². The second-order valence-corrected chi connectivity index (χ2v) is 16.5. The smallest absolute Gasteiger partial charge is 0.311 e. The second-order valence-electron chi connectivity index (χ2n) is 16.5. The van der Waals surface area contributed by atoms with Crippen molar-refractivity contribution >= 4 is 11.8 Å². The lowest BCUT2D eigenvalue weighted by Gasteiger charge is -2.49. The van der Waals surface area contributed by atoms with Gasteiger partial charge in [-0.05, 0) is 74.9 Å². The van der Waals surface area contributed by atoms with E-state index in [4.69, 9.17) is 28.4 Å². The molecule has 3 rings (SSSR count). The van der Waals surface area contributed by atoms with Gasteiger partial charge in [0.05, 0.1) is 47.6 Å². The molecule has 0 aromatic heterocycles. The Morgan fingerprint density at radius 2 is 1.49 bits per heavy atom. The third-order valence-corrected chi connectivity index (χ3v) is 11.8. The van der Waals surface area contributed by atoms with Crippen LogP contribution in [0.2, 0.25) is 0 Å². The van der Waals surface area contributed by atoms with Crippen LogP contribution in [0, 0.1) is 23.7 Å². The third-order valence-electron chi connectivity index (χ3n) is 11.8. The van der Waals surface area contributed by atoms with Crippen LogP contribution in [-0.2, 0) is 38.0 Å². The Morgan fingerprint density at radius 3 is 2.04 bits per heavy atom. The molecule has 3 saturated heterocycles. The highest BCUT2D eigenvalue weighted by atomic mass is 16.7. The molecule has 18 atom stereocenters. The number of nitrogens with zero attached hydrogens (tertiary/aromatic N) is 1. The maximum Gasteiger partial charge on any atom is 0.311 e. The predicted molar refractivity (Wildman–Crippen MR) is 186 cm³/mol. The summed E-state index contributed by atoms with van der Waals surface area (Å²) in [4.78, 5) is 29.8. The van der Waals surface area contributed by atoms with Gasteiger partial charge in [0, 0.05) is 37.3 Å². The van der Waals surface area contributed by atoms with Crippen molar-refractivity contribution < 1.29 is 63.5 Å². The summed E-state index contributed by atoms with van der Waals surface area (Å²) in [5, 5.41) is 57.6. The van der Waals surface area contributed by atoms with Crippen molar-refractivity contribution in [1.82, 2.24) is 4.90 Å². The first-order chi connectivity index (χ1) is 23.4. The molecule has 0 spiro atoms. The fourth-order valence-corrected chi connectivity index (χ4v) is 8.41. The van der Waals surface area contributed by atoms with Gasteiger partial charge in [0.1, 0.15) is 29.7 Å². The number of hydrogen-bond acceptors (Lipinski definition) is 14. The summed E-state index contributed by atoms with van der Waals surface area (Å²) < 4.78 is 37.1. The molecule has 0 aliphatic carbocycles. The first kappa shape index (κ1) is 44.1. The molecule has 14 heteroatoms. The molecule has 14 nitrogen and oxygen atoms in total. The van der Waals surface area contributed by atoms with E-state index in [1.54, 1.807) is 41.5 Å². The lowest BCUT2D eigenvalue weighted by Crippen LogP contribution is -2.61. The van der Waals surface area contributed by atoms with Crippen molar-refractivity contribution in [1.29, 1.82) is 0 Å². The Kier molecular flexibility index (Phi) is 14.7. The summed E-state index contributed by atoms with van der Waals surface area (Å²) in [6.45, 7) is 16.3. The van der Waals surface area contributed by atoms with E-state index in [9.17, 15) is 35.1 Å². The molecule has 0 aromatic carbocycles. The van der Waals surface area contributed by atoms with E-state index >= 15 is 0 Å². The van der Waals surface area contributed by atoms with E-state index in [-0.39, 0.29) is 31.4 Å². The maximum atomic E-state index is 14.1. The Bertz CT molecular complexity index is 1170. The fraction of sp³-hybridized carbons (Fsp3) is 0.946. The second kappa shape index (κ2) is 17.0. The molecule has 3 aliphatic rings. The number of ketones is 1. The van der Waals surface area contributed by atoms with E-state index in [1.165, 1.54) is 27.9 Å². The topological polar surface area (TPSA) is 194 Å². The number of ether oxygens (including phenoxy) is 6. The summed E-state index contributed by atoms with van der Waals surface area (Å²) >= 11 is 0. The summed E-state index contributed by atoms with van der Waals surface area (Å²) in [7, 11) is 5.18. The van der Waals surface area contributed by atoms with Crippen LogP contribution in [0.5, 0.6) is 0 Å². The molecule has 0 saturated carbocycles. The predicted octanol–water partition coefficient (Wildman–Crippen LogP) is 1.79. The quantitative estimate of drug-likeness (QED) is 0.238. The van der Waals surface area contributed by atoms with Crippen LogP contribution in [-0.4, -0.2) is 148 Å². The maximum absolute atomic E-state index is 14.1. The number of aliphatic hydroxyl groups excluding tert-OH is 3. The number of likely N-dealkylation sites (N-methyl/N-ethyl adjacent to an activating group) is 1. The number of aliphatic hydroxyl groups is 5. The zero-order valence-electron chi connectivity index (χ0n) is 32.9. The van der Waals surface area contributed by atoms with E-state index in [0.29, 0.717) is 6.42 Å². The van der Waals surface area contributed by atoms with E-state index in [0.717, 1.165) is 0 Å². The highest BCUT2D eigenvalue weighted by Gasteiger charge is 2.53. The first-order valence-electron chi connectivity index (χ1n) is 18.5. The van der Waals surface area contributed by atoms with Crippen LogP contribution in [0.4, 0.5) is 0 Å². The van der Waals surface area contributed by atoms with Gasteiger partial charge < -0.3 is 58.9 Å².